The van der Waals surface area contributed by atoms with Crippen molar-refractivity contribution < 1.29 is 9.53 Å². The molecule has 0 aliphatic heterocycles. The largest absolute Gasteiger partial charge is 0.456 e. The molecule has 4 rings (SSSR count). The molecule has 0 saturated heterocycles. The molecule has 5 heteroatoms. The minimum Gasteiger partial charge on any atom is -0.456 e. The van der Waals surface area contributed by atoms with Crippen LogP contribution in [0.5, 0.6) is 11.5 Å². The molecule has 1 heterocycles. The van der Waals surface area contributed by atoms with Crippen molar-refractivity contribution in [1.29, 1.82) is 0 Å². The lowest BCUT2D eigenvalue weighted by molar-refractivity contribution is 0.0756. The van der Waals surface area contributed by atoms with Gasteiger partial charge in [-0.3, -0.25) is 9.78 Å². The van der Waals surface area contributed by atoms with Crippen LogP contribution < -0.4 is 15.8 Å². The molecule has 26 heavy (non-hydrogen) atoms. The van der Waals surface area contributed by atoms with Gasteiger partial charge in [0, 0.05) is 23.8 Å². The van der Waals surface area contributed by atoms with E-state index >= 15 is 0 Å². The molecule has 2 saturated carbocycles. The van der Waals surface area contributed by atoms with Crippen molar-refractivity contribution in [3.63, 3.8) is 0 Å². The molecular weight excluding hydrogens is 326 g/mol. The van der Waals surface area contributed by atoms with E-state index in [0.717, 1.165) is 12.8 Å². The Hall–Kier alpha value is -2.40. The van der Waals surface area contributed by atoms with E-state index in [1.807, 2.05) is 36.4 Å². The van der Waals surface area contributed by atoms with Crippen LogP contribution in [-0.4, -0.2) is 23.0 Å². The maximum absolute atomic E-state index is 12.7. The van der Waals surface area contributed by atoms with Gasteiger partial charge in [0.1, 0.15) is 11.5 Å². The number of nitrogens with two attached hydrogens (primary N) is 1. The van der Waals surface area contributed by atoms with Crippen LogP contribution in [0.1, 0.15) is 42.5 Å². The molecule has 0 spiro atoms. The van der Waals surface area contributed by atoms with E-state index in [4.69, 9.17) is 10.5 Å². The second kappa shape index (κ2) is 7.46. The highest BCUT2D eigenvalue weighted by atomic mass is 16.5. The van der Waals surface area contributed by atoms with Gasteiger partial charge in [-0.05, 0) is 73.9 Å². The molecule has 2 bridgehead atoms. The van der Waals surface area contributed by atoms with Crippen LogP contribution >= 0.6 is 0 Å². The number of rotatable bonds is 4. The molecule has 5 nitrogen and oxygen atoms in total. The van der Waals surface area contributed by atoms with Gasteiger partial charge in [-0.25, -0.2) is 0 Å². The third-order valence-corrected chi connectivity index (χ3v) is 5.66. The quantitative estimate of drug-likeness (QED) is 0.884. The highest BCUT2D eigenvalue weighted by Crippen LogP contribution is 2.39. The first-order valence-electron chi connectivity index (χ1n) is 9.43. The van der Waals surface area contributed by atoms with Crippen LogP contribution in [0.15, 0.2) is 48.8 Å². The molecule has 2 aliphatic carbocycles. The number of nitrogens with one attached hydrogen (secondary N) is 1. The second-order valence-corrected chi connectivity index (χ2v) is 7.50. The van der Waals surface area contributed by atoms with Crippen molar-refractivity contribution in [1.82, 2.24) is 10.3 Å². The van der Waals surface area contributed by atoms with Gasteiger partial charge in [0.05, 0.1) is 6.20 Å². The predicted molar refractivity (Wildman–Crippen MR) is 100 cm³/mol. The number of amides is 1. The van der Waals surface area contributed by atoms with Crippen molar-refractivity contribution in [2.45, 2.75) is 44.2 Å². The zero-order chi connectivity index (χ0) is 17.9. The molecule has 3 N–H and O–H groups in total. The van der Waals surface area contributed by atoms with Crippen LogP contribution in [0, 0.1) is 11.8 Å². The smallest absolute Gasteiger partial charge is 0.251 e. The summed E-state index contributed by atoms with van der Waals surface area (Å²) < 4.78 is 5.73. The summed E-state index contributed by atoms with van der Waals surface area (Å²) in [4.78, 5) is 16.7. The van der Waals surface area contributed by atoms with Crippen molar-refractivity contribution >= 4 is 5.91 Å². The number of nitrogens with zero attached hydrogens (tertiary/aromatic N) is 1. The molecule has 2 fully saturated rings. The minimum absolute atomic E-state index is 0.00435. The average Bonchev–Trinajstić information content (AvgIpc) is 2.64. The number of hydrogen-bond donors (Lipinski definition) is 2. The zero-order valence-electron chi connectivity index (χ0n) is 14.8. The van der Waals surface area contributed by atoms with E-state index in [2.05, 4.69) is 10.3 Å². The third kappa shape index (κ3) is 3.73. The molecular formula is C21H25N3O2. The summed E-state index contributed by atoms with van der Waals surface area (Å²) in [6.45, 7) is 0. The topological polar surface area (TPSA) is 77.2 Å². The van der Waals surface area contributed by atoms with E-state index in [-0.39, 0.29) is 11.9 Å². The summed E-state index contributed by atoms with van der Waals surface area (Å²) in [5.74, 6) is 2.41. The lowest BCUT2D eigenvalue weighted by atomic mass is 9.67. The van der Waals surface area contributed by atoms with Gasteiger partial charge in [0.2, 0.25) is 0 Å². The van der Waals surface area contributed by atoms with E-state index in [9.17, 15) is 4.79 Å². The number of pyridine rings is 1. The van der Waals surface area contributed by atoms with Crippen LogP contribution in [0.4, 0.5) is 0 Å². The molecule has 136 valence electrons. The average molecular weight is 351 g/mol. The number of aromatic nitrogens is 1. The molecule has 2 aromatic rings. The molecule has 2 unspecified atom stereocenters. The fourth-order valence-electron chi connectivity index (χ4n) is 4.48. The fraction of sp³-hybridized carbons (Fsp3) is 0.429. The number of carbonyl (C=O) groups excluding carboxylic acids is 1. The Morgan fingerprint density at radius 2 is 1.81 bits per heavy atom. The first-order valence-corrected chi connectivity index (χ1v) is 9.43. The Bertz CT molecular complexity index is 734. The summed E-state index contributed by atoms with van der Waals surface area (Å²) in [6.07, 6.45) is 9.02. The minimum atomic E-state index is -0.00435. The van der Waals surface area contributed by atoms with Gasteiger partial charge in [0.15, 0.2) is 0 Å². The second-order valence-electron chi connectivity index (χ2n) is 7.50. The molecule has 1 amide bonds. The van der Waals surface area contributed by atoms with Gasteiger partial charge < -0.3 is 15.8 Å². The molecule has 0 radical (unpaired) electrons. The van der Waals surface area contributed by atoms with E-state index in [1.54, 1.807) is 12.4 Å². The monoisotopic (exact) mass is 351 g/mol. The Morgan fingerprint density at radius 3 is 2.46 bits per heavy atom. The standard InChI is InChI=1S/C21H25N3O2/c22-17-11-15-3-1-4-16(12-17)20(15)24-21(25)14-6-8-18(9-7-14)26-19-5-2-10-23-13-19/h2,5-10,13,15-17,20H,1,3-4,11-12,22H2,(H,24,25). The third-order valence-electron chi connectivity index (χ3n) is 5.66. The van der Waals surface area contributed by atoms with Crippen LogP contribution in [0.3, 0.4) is 0 Å². The highest BCUT2D eigenvalue weighted by molar-refractivity contribution is 5.94. The predicted octanol–water partition coefficient (Wildman–Crippen LogP) is 3.51. The van der Waals surface area contributed by atoms with Crippen molar-refractivity contribution in [3.05, 3.63) is 54.4 Å². The van der Waals surface area contributed by atoms with Crippen molar-refractivity contribution in [2.24, 2.45) is 17.6 Å². The number of hydrogen-bond acceptors (Lipinski definition) is 4. The molecule has 2 aliphatic rings. The maximum Gasteiger partial charge on any atom is 0.251 e. The first-order chi connectivity index (χ1) is 12.7. The van der Waals surface area contributed by atoms with Crippen molar-refractivity contribution in [3.8, 4) is 11.5 Å². The van der Waals surface area contributed by atoms with Crippen LogP contribution in [-0.2, 0) is 0 Å². The van der Waals surface area contributed by atoms with Gasteiger partial charge in [0.25, 0.3) is 5.91 Å². The summed E-state index contributed by atoms with van der Waals surface area (Å²) >= 11 is 0. The Kier molecular flexibility index (Phi) is 4.89. The summed E-state index contributed by atoms with van der Waals surface area (Å²) in [6, 6.07) is 11.5. The highest BCUT2D eigenvalue weighted by Gasteiger charge is 2.39. The zero-order valence-corrected chi connectivity index (χ0v) is 14.8. The number of ether oxygens (including phenoxy) is 1. The molecule has 2 atom stereocenters. The van der Waals surface area contributed by atoms with Gasteiger partial charge in [-0.15, -0.1) is 0 Å². The van der Waals surface area contributed by atoms with Crippen molar-refractivity contribution in [2.75, 3.05) is 0 Å². The Labute approximate surface area is 154 Å². The lowest BCUT2D eigenvalue weighted by Crippen LogP contribution is -2.53. The number of carbonyl (C=O) groups is 1. The summed E-state index contributed by atoms with van der Waals surface area (Å²) in [7, 11) is 0. The van der Waals surface area contributed by atoms with Crippen LogP contribution in [0.25, 0.3) is 0 Å². The number of fused-ring (bicyclic) bond motifs is 2. The van der Waals surface area contributed by atoms with E-state index < -0.39 is 0 Å². The van der Waals surface area contributed by atoms with E-state index in [1.165, 1.54) is 19.3 Å². The molecule has 1 aromatic heterocycles. The summed E-state index contributed by atoms with van der Waals surface area (Å²) in [5.41, 5.74) is 6.84. The Balaban J connectivity index is 1.40. The summed E-state index contributed by atoms with van der Waals surface area (Å²) in [5, 5.41) is 3.28. The van der Waals surface area contributed by atoms with Gasteiger partial charge in [-0.2, -0.15) is 0 Å². The normalized spacial score (nSPS) is 27.6. The van der Waals surface area contributed by atoms with Crippen LogP contribution in [0.2, 0.25) is 0 Å². The number of benzene rings is 1. The maximum atomic E-state index is 12.7. The first kappa shape index (κ1) is 17.0. The Morgan fingerprint density at radius 1 is 1.08 bits per heavy atom. The molecule has 1 aromatic carbocycles. The van der Waals surface area contributed by atoms with Gasteiger partial charge in [-0.1, -0.05) is 6.42 Å². The SMILES string of the molecule is NC1CC2CCCC(C1)C2NC(=O)c1ccc(Oc2cccnc2)cc1. The van der Waals surface area contributed by atoms with E-state index in [0.29, 0.717) is 34.9 Å². The fourth-order valence-corrected chi connectivity index (χ4v) is 4.48. The van der Waals surface area contributed by atoms with Gasteiger partial charge >= 0.3 is 0 Å². The lowest BCUT2D eigenvalue weighted by Gasteiger charge is -2.45.